The van der Waals surface area contributed by atoms with E-state index in [0.29, 0.717) is 6.04 Å². The Morgan fingerprint density at radius 2 is 2.00 bits per heavy atom. The second-order valence-electron chi connectivity index (χ2n) is 5.60. The van der Waals surface area contributed by atoms with Gasteiger partial charge in [0.1, 0.15) is 0 Å². The second kappa shape index (κ2) is 4.74. The van der Waals surface area contributed by atoms with Crippen LogP contribution in [0.5, 0.6) is 0 Å². The first-order valence-electron chi connectivity index (χ1n) is 6.67. The van der Waals surface area contributed by atoms with Gasteiger partial charge in [-0.1, -0.05) is 19.8 Å². The highest BCUT2D eigenvalue weighted by Crippen LogP contribution is 2.38. The van der Waals surface area contributed by atoms with Crippen molar-refractivity contribution in [3.63, 3.8) is 0 Å². The van der Waals surface area contributed by atoms with E-state index in [1.807, 2.05) is 0 Å². The van der Waals surface area contributed by atoms with Gasteiger partial charge in [-0.05, 0) is 38.0 Å². The van der Waals surface area contributed by atoms with E-state index in [4.69, 9.17) is 5.73 Å². The molecule has 4 atom stereocenters. The van der Waals surface area contributed by atoms with Gasteiger partial charge in [-0.2, -0.15) is 0 Å². The van der Waals surface area contributed by atoms with E-state index in [1.165, 1.54) is 25.7 Å². The summed E-state index contributed by atoms with van der Waals surface area (Å²) >= 11 is 0. The molecule has 3 unspecified atom stereocenters. The fraction of sp³-hybridized carbons (Fsp3) is 0.923. The van der Waals surface area contributed by atoms with Crippen molar-refractivity contribution in [2.75, 3.05) is 6.54 Å². The number of amides is 1. The minimum Gasteiger partial charge on any atom is -0.338 e. The molecule has 92 valence electrons. The summed E-state index contributed by atoms with van der Waals surface area (Å²) in [5, 5.41) is 0. The second-order valence-corrected chi connectivity index (χ2v) is 5.60. The molecule has 0 bridgehead atoms. The van der Waals surface area contributed by atoms with Crippen LogP contribution >= 0.6 is 0 Å². The first kappa shape index (κ1) is 11.9. The number of rotatable bonds is 1. The van der Waals surface area contributed by atoms with Crippen molar-refractivity contribution in [1.82, 2.24) is 4.90 Å². The monoisotopic (exact) mass is 224 g/mol. The molecule has 2 N–H and O–H groups in total. The van der Waals surface area contributed by atoms with Crippen molar-refractivity contribution in [2.45, 2.75) is 58.0 Å². The Morgan fingerprint density at radius 3 is 2.69 bits per heavy atom. The molecule has 0 spiro atoms. The minimum atomic E-state index is -0.337. The Labute approximate surface area is 98.4 Å². The Balaban J connectivity index is 2.11. The highest BCUT2D eigenvalue weighted by molar-refractivity contribution is 5.81. The molecule has 3 heteroatoms. The van der Waals surface area contributed by atoms with E-state index >= 15 is 0 Å². The molecule has 1 heterocycles. The van der Waals surface area contributed by atoms with E-state index in [2.05, 4.69) is 11.8 Å². The molecule has 0 aromatic heterocycles. The first-order valence-corrected chi connectivity index (χ1v) is 6.67. The SMILES string of the molecule is CC1CCN(C(=O)[C@@H](C)N)C2CCCCC12. The summed E-state index contributed by atoms with van der Waals surface area (Å²) < 4.78 is 0. The van der Waals surface area contributed by atoms with Gasteiger partial charge in [0, 0.05) is 12.6 Å². The Bertz CT molecular complexity index is 265. The zero-order valence-electron chi connectivity index (χ0n) is 10.5. The maximum absolute atomic E-state index is 12.1. The van der Waals surface area contributed by atoms with Gasteiger partial charge in [0.2, 0.25) is 5.91 Å². The summed E-state index contributed by atoms with van der Waals surface area (Å²) in [5.41, 5.74) is 5.73. The Hall–Kier alpha value is -0.570. The molecule has 2 aliphatic rings. The number of hydrogen-bond acceptors (Lipinski definition) is 2. The topological polar surface area (TPSA) is 46.3 Å². The Morgan fingerprint density at radius 1 is 1.31 bits per heavy atom. The molecular weight excluding hydrogens is 200 g/mol. The van der Waals surface area contributed by atoms with Crippen LogP contribution in [-0.4, -0.2) is 29.4 Å². The van der Waals surface area contributed by atoms with Crippen molar-refractivity contribution < 1.29 is 4.79 Å². The first-order chi connectivity index (χ1) is 7.61. The van der Waals surface area contributed by atoms with E-state index in [9.17, 15) is 4.79 Å². The van der Waals surface area contributed by atoms with Crippen LogP contribution in [0.2, 0.25) is 0 Å². The van der Waals surface area contributed by atoms with Gasteiger partial charge in [0.15, 0.2) is 0 Å². The van der Waals surface area contributed by atoms with Crippen molar-refractivity contribution in [1.29, 1.82) is 0 Å². The van der Waals surface area contributed by atoms with Crippen molar-refractivity contribution >= 4 is 5.91 Å². The van der Waals surface area contributed by atoms with Crippen molar-refractivity contribution in [3.05, 3.63) is 0 Å². The molecular formula is C13H24N2O. The van der Waals surface area contributed by atoms with Gasteiger partial charge in [0.25, 0.3) is 0 Å². The van der Waals surface area contributed by atoms with Crippen LogP contribution in [-0.2, 0) is 4.79 Å². The fourth-order valence-electron chi connectivity index (χ4n) is 3.45. The lowest BCUT2D eigenvalue weighted by Crippen LogP contribution is -2.55. The van der Waals surface area contributed by atoms with Gasteiger partial charge in [-0.15, -0.1) is 0 Å². The average Bonchev–Trinajstić information content (AvgIpc) is 2.29. The van der Waals surface area contributed by atoms with E-state index < -0.39 is 0 Å². The quantitative estimate of drug-likeness (QED) is 0.737. The lowest BCUT2D eigenvalue weighted by Gasteiger charge is -2.47. The van der Waals surface area contributed by atoms with Crippen LogP contribution in [0, 0.1) is 11.8 Å². The molecule has 1 saturated carbocycles. The average molecular weight is 224 g/mol. The fourth-order valence-corrected chi connectivity index (χ4v) is 3.45. The van der Waals surface area contributed by atoms with Crippen LogP contribution in [0.4, 0.5) is 0 Å². The third kappa shape index (κ3) is 2.10. The molecule has 2 rings (SSSR count). The number of nitrogens with zero attached hydrogens (tertiary/aromatic N) is 1. The third-order valence-corrected chi connectivity index (χ3v) is 4.41. The molecule has 1 amide bonds. The smallest absolute Gasteiger partial charge is 0.239 e. The summed E-state index contributed by atoms with van der Waals surface area (Å²) in [4.78, 5) is 14.1. The van der Waals surface area contributed by atoms with Gasteiger partial charge >= 0.3 is 0 Å². The standard InChI is InChI=1S/C13H24N2O/c1-9-7-8-15(13(16)10(2)14)12-6-4-3-5-11(9)12/h9-12H,3-8,14H2,1-2H3/t9?,10-,11?,12?/m1/s1. The molecule has 1 saturated heterocycles. The number of likely N-dealkylation sites (tertiary alicyclic amines) is 1. The number of carbonyl (C=O) groups is 1. The minimum absolute atomic E-state index is 0.156. The summed E-state index contributed by atoms with van der Waals surface area (Å²) in [6.45, 7) is 5.07. The van der Waals surface area contributed by atoms with Crippen molar-refractivity contribution in [3.8, 4) is 0 Å². The lowest BCUT2D eigenvalue weighted by atomic mass is 9.72. The molecule has 0 aromatic carbocycles. The highest BCUT2D eigenvalue weighted by Gasteiger charge is 2.39. The molecule has 0 radical (unpaired) electrons. The normalized spacial score (nSPS) is 36.7. The van der Waals surface area contributed by atoms with Crippen LogP contribution in [0.15, 0.2) is 0 Å². The van der Waals surface area contributed by atoms with Crippen LogP contribution < -0.4 is 5.73 Å². The molecule has 3 nitrogen and oxygen atoms in total. The Kier molecular flexibility index (Phi) is 3.53. The van der Waals surface area contributed by atoms with Crippen LogP contribution in [0.3, 0.4) is 0 Å². The number of hydrogen-bond donors (Lipinski definition) is 1. The summed E-state index contributed by atoms with van der Waals surface area (Å²) in [6, 6.07) is 0.145. The molecule has 16 heavy (non-hydrogen) atoms. The van der Waals surface area contributed by atoms with Gasteiger partial charge in [0.05, 0.1) is 6.04 Å². The van der Waals surface area contributed by atoms with E-state index in [1.54, 1.807) is 6.92 Å². The summed E-state index contributed by atoms with van der Waals surface area (Å²) in [7, 11) is 0. The van der Waals surface area contributed by atoms with E-state index in [0.717, 1.165) is 24.8 Å². The number of fused-ring (bicyclic) bond motifs is 1. The maximum atomic E-state index is 12.1. The van der Waals surface area contributed by atoms with Gasteiger partial charge in [-0.3, -0.25) is 4.79 Å². The van der Waals surface area contributed by atoms with Gasteiger partial charge < -0.3 is 10.6 Å². The zero-order chi connectivity index (χ0) is 11.7. The van der Waals surface area contributed by atoms with Gasteiger partial charge in [-0.25, -0.2) is 0 Å². The third-order valence-electron chi connectivity index (χ3n) is 4.41. The predicted molar refractivity (Wildman–Crippen MR) is 64.9 cm³/mol. The number of piperidine rings is 1. The molecule has 0 aromatic rings. The summed E-state index contributed by atoms with van der Waals surface area (Å²) in [5.74, 6) is 1.66. The largest absolute Gasteiger partial charge is 0.338 e. The molecule has 2 fully saturated rings. The molecule has 1 aliphatic carbocycles. The highest BCUT2D eigenvalue weighted by atomic mass is 16.2. The number of nitrogens with two attached hydrogens (primary N) is 1. The predicted octanol–water partition coefficient (Wildman–Crippen LogP) is 1.76. The lowest BCUT2D eigenvalue weighted by molar-refractivity contribution is -0.140. The molecule has 1 aliphatic heterocycles. The van der Waals surface area contributed by atoms with E-state index in [-0.39, 0.29) is 11.9 Å². The van der Waals surface area contributed by atoms with Crippen molar-refractivity contribution in [2.24, 2.45) is 17.6 Å². The summed E-state index contributed by atoms with van der Waals surface area (Å²) in [6.07, 6.45) is 6.25. The van der Waals surface area contributed by atoms with Crippen LogP contribution in [0.1, 0.15) is 46.0 Å². The van der Waals surface area contributed by atoms with Crippen LogP contribution in [0.25, 0.3) is 0 Å². The number of carbonyl (C=O) groups excluding carboxylic acids is 1. The maximum Gasteiger partial charge on any atom is 0.239 e. The zero-order valence-corrected chi connectivity index (χ0v) is 10.5.